The van der Waals surface area contributed by atoms with Crippen LogP contribution in [0.2, 0.25) is 0 Å². The van der Waals surface area contributed by atoms with E-state index in [4.69, 9.17) is 4.74 Å². The van der Waals surface area contributed by atoms with E-state index in [9.17, 15) is 14.4 Å². The van der Waals surface area contributed by atoms with E-state index in [2.05, 4.69) is 5.32 Å². The van der Waals surface area contributed by atoms with Crippen LogP contribution in [0.1, 0.15) is 32.1 Å². The van der Waals surface area contributed by atoms with Crippen LogP contribution in [0.3, 0.4) is 0 Å². The van der Waals surface area contributed by atoms with Crippen molar-refractivity contribution in [3.63, 3.8) is 0 Å². The number of imide groups is 1. The third-order valence-electron chi connectivity index (χ3n) is 4.22. The van der Waals surface area contributed by atoms with Crippen molar-refractivity contribution in [1.29, 1.82) is 0 Å². The molecule has 6 nitrogen and oxygen atoms in total. The Balaban J connectivity index is 1.66. The number of hydrogen-bond acceptors (Lipinski definition) is 4. The highest BCUT2D eigenvalue weighted by atomic mass is 16.5. The molecule has 116 valence electrons. The smallest absolute Gasteiger partial charge is 0.331 e. The first-order valence-corrected chi connectivity index (χ1v) is 7.51. The number of nitrogens with one attached hydrogen (secondary N) is 1. The molecule has 1 heterocycles. The van der Waals surface area contributed by atoms with Gasteiger partial charge in [0.2, 0.25) is 0 Å². The summed E-state index contributed by atoms with van der Waals surface area (Å²) >= 11 is 0. The zero-order valence-electron chi connectivity index (χ0n) is 12.2. The summed E-state index contributed by atoms with van der Waals surface area (Å²) in [7, 11) is 0. The van der Waals surface area contributed by atoms with Crippen molar-refractivity contribution in [2.24, 2.45) is 0 Å². The molecule has 3 amide bonds. The summed E-state index contributed by atoms with van der Waals surface area (Å²) in [5, 5.41) is 2.77. The van der Waals surface area contributed by atoms with Gasteiger partial charge in [0.1, 0.15) is 17.8 Å². The van der Waals surface area contributed by atoms with Crippen molar-refractivity contribution in [2.75, 3.05) is 6.54 Å². The van der Waals surface area contributed by atoms with Gasteiger partial charge in [-0.05, 0) is 25.0 Å². The number of amides is 3. The van der Waals surface area contributed by atoms with Crippen LogP contribution in [0.15, 0.2) is 30.3 Å². The fraction of sp³-hybridized carbons (Fsp3) is 0.438. The van der Waals surface area contributed by atoms with Gasteiger partial charge in [-0.2, -0.15) is 0 Å². The lowest BCUT2D eigenvalue weighted by Crippen LogP contribution is -2.48. The maximum absolute atomic E-state index is 12.5. The number of ether oxygens (including phenoxy) is 1. The average molecular weight is 302 g/mol. The van der Waals surface area contributed by atoms with E-state index in [0.29, 0.717) is 18.6 Å². The second-order valence-electron chi connectivity index (χ2n) is 5.75. The minimum Gasteiger partial charge on any atom is -0.425 e. The molecular formula is C16H18N2O4. The Hall–Kier alpha value is -2.37. The molecule has 0 aromatic heterocycles. The first-order valence-electron chi connectivity index (χ1n) is 7.51. The van der Waals surface area contributed by atoms with Gasteiger partial charge >= 0.3 is 12.0 Å². The van der Waals surface area contributed by atoms with E-state index in [0.717, 1.165) is 24.2 Å². The lowest BCUT2D eigenvalue weighted by Gasteiger charge is -2.30. The van der Waals surface area contributed by atoms with Crippen LogP contribution in [0, 0.1) is 0 Å². The third kappa shape index (κ3) is 2.68. The van der Waals surface area contributed by atoms with E-state index >= 15 is 0 Å². The quantitative estimate of drug-likeness (QED) is 0.525. The maximum Gasteiger partial charge on any atom is 0.331 e. The topological polar surface area (TPSA) is 75.7 Å². The number of benzene rings is 1. The van der Waals surface area contributed by atoms with Crippen molar-refractivity contribution in [2.45, 2.75) is 37.6 Å². The van der Waals surface area contributed by atoms with Crippen LogP contribution >= 0.6 is 0 Å². The molecule has 2 aliphatic rings. The van der Waals surface area contributed by atoms with Gasteiger partial charge in [0.25, 0.3) is 5.91 Å². The van der Waals surface area contributed by atoms with Crippen LogP contribution in [-0.4, -0.2) is 34.9 Å². The lowest BCUT2D eigenvalue weighted by atomic mass is 9.82. The number of rotatable bonds is 3. The van der Waals surface area contributed by atoms with Crippen molar-refractivity contribution in [3.05, 3.63) is 30.3 Å². The number of para-hydroxylation sites is 1. The molecule has 1 saturated heterocycles. The summed E-state index contributed by atoms with van der Waals surface area (Å²) in [4.78, 5) is 37.5. The molecule has 6 heteroatoms. The molecular weight excluding hydrogens is 284 g/mol. The SMILES string of the molecule is O=C(CN1C(=O)NC2(CCCCC2)C1=O)Oc1ccccc1. The van der Waals surface area contributed by atoms with E-state index in [1.807, 2.05) is 6.07 Å². The zero-order chi connectivity index (χ0) is 15.6. The number of hydrogen-bond donors (Lipinski definition) is 1. The standard InChI is InChI=1S/C16H18N2O4/c19-13(22-12-7-3-1-4-8-12)11-18-14(20)16(17-15(18)21)9-5-2-6-10-16/h1,3-4,7-8H,2,5-6,9-11H2,(H,17,21). The van der Waals surface area contributed by atoms with Crippen LogP contribution in [0.4, 0.5) is 4.79 Å². The van der Waals surface area contributed by atoms with Crippen LogP contribution in [0.25, 0.3) is 0 Å². The van der Waals surface area contributed by atoms with Crippen molar-refractivity contribution in [3.8, 4) is 5.75 Å². The van der Waals surface area contributed by atoms with Crippen molar-refractivity contribution >= 4 is 17.9 Å². The molecule has 3 rings (SSSR count). The Morgan fingerprint density at radius 3 is 2.50 bits per heavy atom. The molecule has 1 spiro atoms. The Labute approximate surface area is 128 Å². The molecule has 2 fully saturated rings. The third-order valence-corrected chi connectivity index (χ3v) is 4.22. The largest absolute Gasteiger partial charge is 0.425 e. The van der Waals surface area contributed by atoms with Crippen LogP contribution in [-0.2, 0) is 9.59 Å². The van der Waals surface area contributed by atoms with Gasteiger partial charge in [-0.3, -0.25) is 9.69 Å². The highest BCUT2D eigenvalue weighted by Gasteiger charge is 2.51. The van der Waals surface area contributed by atoms with Crippen molar-refractivity contribution in [1.82, 2.24) is 10.2 Å². The normalized spacial score (nSPS) is 20.1. The molecule has 1 aliphatic carbocycles. The Morgan fingerprint density at radius 1 is 1.14 bits per heavy atom. The summed E-state index contributed by atoms with van der Waals surface area (Å²) in [6.07, 6.45) is 4.17. The van der Waals surface area contributed by atoms with Gasteiger partial charge in [0.05, 0.1) is 0 Å². The molecule has 1 saturated carbocycles. The van der Waals surface area contributed by atoms with Gasteiger partial charge in [0, 0.05) is 0 Å². The predicted octanol–water partition coefficient (Wildman–Crippen LogP) is 1.85. The summed E-state index contributed by atoms with van der Waals surface area (Å²) in [5.41, 5.74) is -0.803. The van der Waals surface area contributed by atoms with Crippen molar-refractivity contribution < 1.29 is 19.1 Å². The molecule has 1 aromatic rings. The molecule has 0 atom stereocenters. The second-order valence-corrected chi connectivity index (χ2v) is 5.75. The van der Waals surface area contributed by atoms with Gasteiger partial charge < -0.3 is 10.1 Å². The maximum atomic E-state index is 12.5. The van der Waals surface area contributed by atoms with E-state index in [1.54, 1.807) is 24.3 Å². The Morgan fingerprint density at radius 2 is 1.82 bits per heavy atom. The monoisotopic (exact) mass is 302 g/mol. The summed E-state index contributed by atoms with van der Waals surface area (Å²) in [5.74, 6) is -0.531. The summed E-state index contributed by atoms with van der Waals surface area (Å²) in [6, 6.07) is 8.08. The minimum atomic E-state index is -0.803. The predicted molar refractivity (Wildman–Crippen MR) is 78.1 cm³/mol. The summed E-state index contributed by atoms with van der Waals surface area (Å²) in [6.45, 7) is -0.360. The average Bonchev–Trinajstić information content (AvgIpc) is 2.73. The lowest BCUT2D eigenvalue weighted by molar-refractivity contribution is -0.141. The first kappa shape index (κ1) is 14.6. The number of urea groups is 1. The second kappa shape index (κ2) is 5.79. The highest BCUT2D eigenvalue weighted by Crippen LogP contribution is 2.33. The molecule has 0 radical (unpaired) electrons. The Kier molecular flexibility index (Phi) is 3.83. The molecule has 1 aromatic carbocycles. The van der Waals surface area contributed by atoms with E-state index < -0.39 is 17.5 Å². The van der Waals surface area contributed by atoms with Gasteiger partial charge in [-0.25, -0.2) is 9.59 Å². The van der Waals surface area contributed by atoms with E-state index in [1.165, 1.54) is 0 Å². The van der Waals surface area contributed by atoms with Gasteiger partial charge in [-0.1, -0.05) is 37.5 Å². The first-order chi connectivity index (χ1) is 10.6. The molecule has 0 bridgehead atoms. The highest BCUT2D eigenvalue weighted by molar-refractivity contribution is 6.08. The molecule has 1 aliphatic heterocycles. The Bertz CT molecular complexity index is 593. The number of esters is 1. The van der Waals surface area contributed by atoms with E-state index in [-0.39, 0.29) is 12.5 Å². The summed E-state index contributed by atoms with van der Waals surface area (Å²) < 4.78 is 5.14. The molecule has 22 heavy (non-hydrogen) atoms. The van der Waals surface area contributed by atoms with Gasteiger partial charge in [-0.15, -0.1) is 0 Å². The number of carbonyl (C=O) groups is 3. The van der Waals surface area contributed by atoms with Gasteiger partial charge in [0.15, 0.2) is 0 Å². The fourth-order valence-electron chi connectivity index (χ4n) is 3.10. The van der Waals surface area contributed by atoms with Crippen LogP contribution < -0.4 is 10.1 Å². The molecule has 0 unspecified atom stereocenters. The number of carbonyl (C=O) groups excluding carboxylic acids is 3. The minimum absolute atomic E-state index is 0.304. The van der Waals surface area contributed by atoms with Crippen LogP contribution in [0.5, 0.6) is 5.75 Å². The zero-order valence-corrected chi connectivity index (χ0v) is 12.2. The fourth-order valence-corrected chi connectivity index (χ4v) is 3.10. The molecule has 1 N–H and O–H groups in total. The number of nitrogens with zero attached hydrogens (tertiary/aromatic N) is 1.